The van der Waals surface area contributed by atoms with Gasteiger partial charge in [-0.05, 0) is 37.6 Å². The highest BCUT2D eigenvalue weighted by Crippen LogP contribution is 2.20. The van der Waals surface area contributed by atoms with Crippen LogP contribution in [0.2, 0.25) is 0 Å². The predicted molar refractivity (Wildman–Crippen MR) is 92.1 cm³/mol. The van der Waals surface area contributed by atoms with Gasteiger partial charge in [-0.15, -0.1) is 0 Å². The number of benzene rings is 2. The summed E-state index contributed by atoms with van der Waals surface area (Å²) in [6.45, 7) is 3.69. The summed E-state index contributed by atoms with van der Waals surface area (Å²) in [5.74, 6) is -1.53. The lowest BCUT2D eigenvalue weighted by Crippen LogP contribution is -2.33. The molecule has 0 heterocycles. The number of rotatable bonds is 7. The number of esters is 1. The van der Waals surface area contributed by atoms with Gasteiger partial charge in [-0.2, -0.15) is 0 Å². The lowest BCUT2D eigenvalue weighted by molar-refractivity contribution is -0.122. The van der Waals surface area contributed by atoms with Crippen LogP contribution in [0.5, 0.6) is 5.75 Å². The van der Waals surface area contributed by atoms with Crippen LogP contribution in [0.3, 0.4) is 0 Å². The number of anilines is 1. The van der Waals surface area contributed by atoms with Gasteiger partial charge in [0.15, 0.2) is 17.7 Å². The van der Waals surface area contributed by atoms with Gasteiger partial charge in [0.05, 0.1) is 17.9 Å². The molecule has 5 nitrogen and oxygen atoms in total. The third kappa shape index (κ3) is 4.79. The number of ether oxygens (including phenoxy) is 2. The lowest BCUT2D eigenvalue weighted by atomic mass is 10.1. The Morgan fingerprint density at radius 1 is 1.08 bits per heavy atom. The first kappa shape index (κ1) is 18.4. The second-order valence-electron chi connectivity index (χ2n) is 5.20. The van der Waals surface area contributed by atoms with E-state index in [4.69, 9.17) is 9.47 Å². The maximum Gasteiger partial charge on any atom is 0.340 e. The fourth-order valence-corrected chi connectivity index (χ4v) is 2.21. The van der Waals surface area contributed by atoms with Crippen LogP contribution in [0.25, 0.3) is 0 Å². The predicted octanol–water partition coefficient (Wildman–Crippen LogP) is 3.80. The van der Waals surface area contributed by atoms with Crippen molar-refractivity contribution in [3.63, 3.8) is 0 Å². The molecule has 2 rings (SSSR count). The zero-order valence-electron chi connectivity index (χ0n) is 14.1. The van der Waals surface area contributed by atoms with Crippen molar-refractivity contribution in [2.24, 2.45) is 0 Å². The quantitative estimate of drug-likeness (QED) is 0.775. The first-order valence-corrected chi connectivity index (χ1v) is 8.05. The van der Waals surface area contributed by atoms with Crippen LogP contribution in [-0.2, 0) is 9.53 Å². The molecule has 0 aliphatic carbocycles. The molecule has 0 saturated carbocycles. The molecule has 0 spiro atoms. The molecule has 132 valence electrons. The molecule has 0 fully saturated rings. The van der Waals surface area contributed by atoms with Gasteiger partial charge in [0.2, 0.25) is 0 Å². The summed E-state index contributed by atoms with van der Waals surface area (Å²) in [7, 11) is 0. The number of hydrogen-bond donors (Lipinski definition) is 1. The first-order valence-electron chi connectivity index (χ1n) is 8.05. The van der Waals surface area contributed by atoms with Crippen molar-refractivity contribution in [3.8, 4) is 5.75 Å². The van der Waals surface area contributed by atoms with E-state index in [-0.39, 0.29) is 17.9 Å². The molecule has 0 unspecified atom stereocenters. The van der Waals surface area contributed by atoms with Gasteiger partial charge in [0.25, 0.3) is 5.91 Å². The minimum atomic E-state index is -0.896. The molecule has 1 atom stereocenters. The molecule has 2 aromatic rings. The third-order valence-corrected chi connectivity index (χ3v) is 3.45. The summed E-state index contributed by atoms with van der Waals surface area (Å²) in [4.78, 5) is 24.4. The molecule has 0 radical (unpaired) electrons. The van der Waals surface area contributed by atoms with E-state index in [0.29, 0.717) is 12.1 Å². The topological polar surface area (TPSA) is 64.6 Å². The Kier molecular flexibility index (Phi) is 6.51. The number of halogens is 1. The number of para-hydroxylation sites is 2. The number of carbonyl (C=O) groups excluding carboxylic acids is 2. The Morgan fingerprint density at radius 3 is 2.44 bits per heavy atom. The monoisotopic (exact) mass is 345 g/mol. The fraction of sp³-hybridized carbons (Fsp3) is 0.263. The van der Waals surface area contributed by atoms with Crippen molar-refractivity contribution in [1.82, 2.24) is 0 Å². The Morgan fingerprint density at radius 2 is 1.76 bits per heavy atom. The van der Waals surface area contributed by atoms with Crippen LogP contribution in [0.1, 0.15) is 30.6 Å². The van der Waals surface area contributed by atoms with Crippen LogP contribution in [-0.4, -0.2) is 24.6 Å². The summed E-state index contributed by atoms with van der Waals surface area (Å²) in [5, 5.41) is 2.65. The van der Waals surface area contributed by atoms with Crippen LogP contribution in [0.15, 0.2) is 48.5 Å². The van der Waals surface area contributed by atoms with Gasteiger partial charge in [-0.1, -0.05) is 31.2 Å². The average molecular weight is 345 g/mol. The first-order chi connectivity index (χ1) is 12.1. The summed E-state index contributed by atoms with van der Waals surface area (Å²) >= 11 is 0. The highest BCUT2D eigenvalue weighted by Gasteiger charge is 2.22. The van der Waals surface area contributed by atoms with Crippen molar-refractivity contribution in [1.29, 1.82) is 0 Å². The Labute approximate surface area is 145 Å². The molecule has 6 heteroatoms. The molecule has 0 saturated heterocycles. The molecular formula is C19H20FNO4. The summed E-state index contributed by atoms with van der Waals surface area (Å²) < 4.78 is 24.2. The van der Waals surface area contributed by atoms with Gasteiger partial charge in [0.1, 0.15) is 0 Å². The smallest absolute Gasteiger partial charge is 0.340 e. The highest BCUT2D eigenvalue weighted by molar-refractivity contribution is 6.02. The normalized spacial score (nSPS) is 11.5. The molecule has 0 aliphatic rings. The molecular weight excluding hydrogens is 325 g/mol. The molecule has 0 aromatic heterocycles. The van der Waals surface area contributed by atoms with Crippen molar-refractivity contribution in [2.75, 3.05) is 11.9 Å². The Bertz CT molecular complexity index is 748. The van der Waals surface area contributed by atoms with E-state index in [2.05, 4.69) is 5.32 Å². The standard InChI is InChI=1S/C19H20FNO4/c1-3-16(25-17-12-8-6-10-14(17)20)18(22)21-15-11-7-5-9-13(15)19(23)24-4-2/h5-12,16H,3-4H2,1-2H3,(H,21,22)/t16-/m1/s1. The van der Waals surface area contributed by atoms with E-state index in [9.17, 15) is 14.0 Å². The van der Waals surface area contributed by atoms with Crippen LogP contribution in [0, 0.1) is 5.82 Å². The SMILES string of the molecule is CCOC(=O)c1ccccc1NC(=O)[C@@H](CC)Oc1ccccc1F. The van der Waals surface area contributed by atoms with Crippen molar-refractivity contribution < 1.29 is 23.5 Å². The minimum Gasteiger partial charge on any atom is -0.478 e. The van der Waals surface area contributed by atoms with E-state index in [1.165, 1.54) is 12.1 Å². The van der Waals surface area contributed by atoms with Crippen molar-refractivity contribution >= 4 is 17.6 Å². The summed E-state index contributed by atoms with van der Waals surface area (Å²) in [5.41, 5.74) is 0.569. The van der Waals surface area contributed by atoms with Gasteiger partial charge in [-0.25, -0.2) is 9.18 Å². The Hall–Kier alpha value is -2.89. The highest BCUT2D eigenvalue weighted by atomic mass is 19.1. The second kappa shape index (κ2) is 8.82. The minimum absolute atomic E-state index is 0.00294. The lowest BCUT2D eigenvalue weighted by Gasteiger charge is -2.18. The van der Waals surface area contributed by atoms with Gasteiger partial charge in [-0.3, -0.25) is 4.79 Å². The zero-order valence-corrected chi connectivity index (χ0v) is 14.1. The van der Waals surface area contributed by atoms with Crippen LogP contribution >= 0.6 is 0 Å². The molecule has 2 aromatic carbocycles. The van der Waals surface area contributed by atoms with E-state index in [1.807, 2.05) is 0 Å². The largest absolute Gasteiger partial charge is 0.478 e. The van der Waals surface area contributed by atoms with Crippen LogP contribution < -0.4 is 10.1 Å². The maximum atomic E-state index is 13.7. The maximum absolute atomic E-state index is 13.7. The van der Waals surface area contributed by atoms with Gasteiger partial charge in [0, 0.05) is 0 Å². The van der Waals surface area contributed by atoms with Crippen molar-refractivity contribution in [3.05, 3.63) is 59.9 Å². The Balaban J connectivity index is 2.15. The number of amides is 1. The van der Waals surface area contributed by atoms with E-state index >= 15 is 0 Å². The van der Waals surface area contributed by atoms with Gasteiger partial charge < -0.3 is 14.8 Å². The molecule has 1 amide bonds. The fourth-order valence-electron chi connectivity index (χ4n) is 2.21. The third-order valence-electron chi connectivity index (χ3n) is 3.45. The number of carbonyl (C=O) groups is 2. The zero-order chi connectivity index (χ0) is 18.2. The van der Waals surface area contributed by atoms with Crippen LogP contribution in [0.4, 0.5) is 10.1 Å². The summed E-state index contributed by atoms with van der Waals surface area (Å²) in [6.07, 6.45) is -0.561. The van der Waals surface area contributed by atoms with E-state index < -0.39 is 23.8 Å². The second-order valence-corrected chi connectivity index (χ2v) is 5.20. The molecule has 1 N–H and O–H groups in total. The molecule has 25 heavy (non-hydrogen) atoms. The number of hydrogen-bond acceptors (Lipinski definition) is 4. The number of nitrogens with one attached hydrogen (secondary N) is 1. The van der Waals surface area contributed by atoms with Gasteiger partial charge >= 0.3 is 5.97 Å². The average Bonchev–Trinajstić information content (AvgIpc) is 2.61. The molecule has 0 aliphatic heterocycles. The molecule has 0 bridgehead atoms. The van der Waals surface area contributed by atoms with E-state index in [1.54, 1.807) is 50.2 Å². The van der Waals surface area contributed by atoms with Crippen molar-refractivity contribution in [2.45, 2.75) is 26.4 Å². The van der Waals surface area contributed by atoms with E-state index in [0.717, 1.165) is 0 Å². The summed E-state index contributed by atoms with van der Waals surface area (Å²) in [6, 6.07) is 12.4.